The van der Waals surface area contributed by atoms with Gasteiger partial charge in [-0.15, -0.1) is 0 Å². The van der Waals surface area contributed by atoms with Crippen LogP contribution in [0.1, 0.15) is 30.7 Å². The summed E-state index contributed by atoms with van der Waals surface area (Å²) in [7, 11) is 1.89. The van der Waals surface area contributed by atoms with E-state index in [4.69, 9.17) is 4.52 Å². The maximum absolute atomic E-state index is 12.8. The molecule has 0 fully saturated rings. The SMILES string of the molecule is CCN(C)[C@@H](C)C(=O)N1CCc2onc(-c3ccc(C(F)(F)F)cc3)c2C1. The summed E-state index contributed by atoms with van der Waals surface area (Å²) in [5.74, 6) is 0.704. The number of nitrogens with zero attached hydrogens (tertiary/aromatic N) is 3. The molecule has 2 aromatic rings. The Morgan fingerprint density at radius 2 is 2.00 bits per heavy atom. The molecule has 0 saturated heterocycles. The minimum atomic E-state index is -4.38. The Bertz CT molecular complexity index is 815. The van der Waals surface area contributed by atoms with Crippen LogP contribution in [0.25, 0.3) is 11.3 Å². The van der Waals surface area contributed by atoms with Gasteiger partial charge in [-0.05, 0) is 32.6 Å². The number of hydrogen-bond acceptors (Lipinski definition) is 4. The van der Waals surface area contributed by atoms with E-state index in [2.05, 4.69) is 5.16 Å². The summed E-state index contributed by atoms with van der Waals surface area (Å²) in [5.41, 5.74) is 1.09. The monoisotopic (exact) mass is 381 g/mol. The zero-order chi connectivity index (χ0) is 19.8. The number of carbonyl (C=O) groups is 1. The normalized spacial score (nSPS) is 15.7. The van der Waals surface area contributed by atoms with E-state index in [1.807, 2.05) is 25.8 Å². The Labute approximate surface area is 155 Å². The Balaban J connectivity index is 1.84. The van der Waals surface area contributed by atoms with Crippen LogP contribution in [0.3, 0.4) is 0 Å². The van der Waals surface area contributed by atoms with Crippen molar-refractivity contribution in [2.75, 3.05) is 20.1 Å². The molecule has 0 spiro atoms. The molecule has 1 aliphatic rings. The number of carbonyl (C=O) groups excluding carboxylic acids is 1. The van der Waals surface area contributed by atoms with Gasteiger partial charge in [0.25, 0.3) is 0 Å². The third-order valence-corrected chi connectivity index (χ3v) is 5.14. The second-order valence-corrected chi connectivity index (χ2v) is 6.77. The van der Waals surface area contributed by atoms with Gasteiger partial charge in [-0.25, -0.2) is 0 Å². The lowest BCUT2D eigenvalue weighted by atomic mass is 10.00. The van der Waals surface area contributed by atoms with Crippen molar-refractivity contribution < 1.29 is 22.5 Å². The van der Waals surface area contributed by atoms with Crippen molar-refractivity contribution in [1.82, 2.24) is 15.0 Å². The molecule has 1 atom stereocenters. The highest BCUT2D eigenvalue weighted by molar-refractivity contribution is 5.82. The van der Waals surface area contributed by atoms with Gasteiger partial charge in [-0.1, -0.05) is 24.2 Å². The fourth-order valence-corrected chi connectivity index (χ4v) is 3.17. The van der Waals surface area contributed by atoms with Gasteiger partial charge < -0.3 is 9.42 Å². The van der Waals surface area contributed by atoms with E-state index in [1.54, 1.807) is 4.90 Å². The summed E-state index contributed by atoms with van der Waals surface area (Å²) < 4.78 is 43.7. The first kappa shape index (κ1) is 19.4. The minimum absolute atomic E-state index is 0.0181. The van der Waals surface area contributed by atoms with Gasteiger partial charge in [0.2, 0.25) is 5.91 Å². The summed E-state index contributed by atoms with van der Waals surface area (Å²) in [5, 5.41) is 4.05. The van der Waals surface area contributed by atoms with Crippen molar-refractivity contribution >= 4 is 5.91 Å². The molecule has 8 heteroatoms. The van der Waals surface area contributed by atoms with Gasteiger partial charge in [-0.3, -0.25) is 9.69 Å². The smallest absolute Gasteiger partial charge is 0.360 e. The summed E-state index contributed by atoms with van der Waals surface area (Å²) in [6.07, 6.45) is -3.84. The number of alkyl halides is 3. The van der Waals surface area contributed by atoms with E-state index in [0.717, 1.165) is 24.2 Å². The molecule has 1 amide bonds. The average Bonchev–Trinajstić information content (AvgIpc) is 3.08. The van der Waals surface area contributed by atoms with Gasteiger partial charge in [0, 0.05) is 24.1 Å². The van der Waals surface area contributed by atoms with Gasteiger partial charge in [0.1, 0.15) is 11.5 Å². The molecule has 5 nitrogen and oxygen atoms in total. The van der Waals surface area contributed by atoms with Gasteiger partial charge in [0.05, 0.1) is 18.2 Å². The van der Waals surface area contributed by atoms with Gasteiger partial charge in [0.15, 0.2) is 0 Å². The quantitative estimate of drug-likeness (QED) is 0.812. The predicted octanol–water partition coefficient (Wildman–Crippen LogP) is 3.59. The minimum Gasteiger partial charge on any atom is -0.360 e. The molecule has 0 unspecified atom stereocenters. The molecule has 0 bridgehead atoms. The van der Waals surface area contributed by atoms with Crippen molar-refractivity contribution in [2.24, 2.45) is 0 Å². The summed E-state index contributed by atoms with van der Waals surface area (Å²) in [6, 6.07) is 4.58. The highest BCUT2D eigenvalue weighted by Gasteiger charge is 2.32. The van der Waals surface area contributed by atoms with Crippen molar-refractivity contribution in [3.63, 3.8) is 0 Å². The Morgan fingerprint density at radius 3 is 2.59 bits per heavy atom. The molecular formula is C19H22F3N3O2. The van der Waals surface area contributed by atoms with Crippen LogP contribution in [0.15, 0.2) is 28.8 Å². The second-order valence-electron chi connectivity index (χ2n) is 6.77. The standard InChI is InChI=1S/C19H22F3N3O2/c1-4-24(3)12(2)18(26)25-10-9-16-15(11-25)17(23-27-16)13-5-7-14(8-6-13)19(20,21)22/h5-8,12H,4,9-11H2,1-3H3/t12-/m0/s1. The fourth-order valence-electron chi connectivity index (χ4n) is 3.17. The predicted molar refractivity (Wildman–Crippen MR) is 93.8 cm³/mol. The number of likely N-dealkylation sites (N-methyl/N-ethyl adjacent to an activating group) is 1. The number of fused-ring (bicyclic) bond motifs is 1. The number of benzene rings is 1. The van der Waals surface area contributed by atoms with E-state index >= 15 is 0 Å². The number of aromatic nitrogens is 1. The summed E-state index contributed by atoms with van der Waals surface area (Å²) in [4.78, 5) is 16.5. The molecule has 0 saturated carbocycles. The highest BCUT2D eigenvalue weighted by atomic mass is 19.4. The molecule has 1 aromatic carbocycles. The highest BCUT2D eigenvalue weighted by Crippen LogP contribution is 2.33. The molecule has 0 aliphatic carbocycles. The molecule has 146 valence electrons. The molecule has 27 heavy (non-hydrogen) atoms. The Morgan fingerprint density at radius 1 is 1.33 bits per heavy atom. The van der Waals surface area contributed by atoms with Gasteiger partial charge in [-0.2, -0.15) is 13.2 Å². The van der Waals surface area contributed by atoms with Crippen LogP contribution in [0.4, 0.5) is 13.2 Å². The van der Waals surface area contributed by atoms with Crippen LogP contribution in [-0.2, 0) is 23.9 Å². The lowest BCUT2D eigenvalue weighted by Crippen LogP contribution is -2.47. The first-order chi connectivity index (χ1) is 12.7. The van der Waals surface area contributed by atoms with Crippen LogP contribution in [0.2, 0.25) is 0 Å². The molecule has 1 aliphatic heterocycles. The van der Waals surface area contributed by atoms with E-state index in [9.17, 15) is 18.0 Å². The molecule has 1 aromatic heterocycles. The molecule has 2 heterocycles. The largest absolute Gasteiger partial charge is 0.416 e. The van der Waals surface area contributed by atoms with Crippen molar-refractivity contribution in [2.45, 2.75) is 39.0 Å². The van der Waals surface area contributed by atoms with E-state index < -0.39 is 11.7 Å². The number of halogens is 3. The van der Waals surface area contributed by atoms with E-state index in [0.29, 0.717) is 36.5 Å². The van der Waals surface area contributed by atoms with E-state index in [1.165, 1.54) is 12.1 Å². The first-order valence-electron chi connectivity index (χ1n) is 8.86. The number of rotatable bonds is 4. The fraction of sp³-hybridized carbons (Fsp3) is 0.474. The summed E-state index contributed by atoms with van der Waals surface area (Å²) in [6.45, 7) is 5.49. The second kappa shape index (κ2) is 7.34. The molecule has 0 N–H and O–H groups in total. The van der Waals surface area contributed by atoms with Crippen LogP contribution in [0.5, 0.6) is 0 Å². The first-order valence-corrected chi connectivity index (χ1v) is 8.86. The molecular weight excluding hydrogens is 359 g/mol. The van der Waals surface area contributed by atoms with Crippen LogP contribution in [0, 0.1) is 0 Å². The molecule has 3 rings (SSSR count). The van der Waals surface area contributed by atoms with Gasteiger partial charge >= 0.3 is 6.18 Å². The van der Waals surface area contributed by atoms with Crippen LogP contribution >= 0.6 is 0 Å². The third-order valence-electron chi connectivity index (χ3n) is 5.14. The zero-order valence-corrected chi connectivity index (χ0v) is 15.5. The summed E-state index contributed by atoms with van der Waals surface area (Å²) >= 11 is 0. The molecule has 0 radical (unpaired) electrons. The maximum atomic E-state index is 12.8. The lowest BCUT2D eigenvalue weighted by Gasteiger charge is -2.32. The van der Waals surface area contributed by atoms with Crippen molar-refractivity contribution in [3.8, 4) is 11.3 Å². The van der Waals surface area contributed by atoms with Crippen molar-refractivity contribution in [3.05, 3.63) is 41.2 Å². The zero-order valence-electron chi connectivity index (χ0n) is 15.5. The number of hydrogen-bond donors (Lipinski definition) is 0. The van der Waals surface area contributed by atoms with E-state index in [-0.39, 0.29) is 11.9 Å². The van der Waals surface area contributed by atoms with Crippen molar-refractivity contribution in [1.29, 1.82) is 0 Å². The Hall–Kier alpha value is -2.35. The average molecular weight is 381 g/mol. The third kappa shape index (κ3) is 3.85. The van der Waals surface area contributed by atoms with Crippen LogP contribution in [-0.4, -0.2) is 47.0 Å². The maximum Gasteiger partial charge on any atom is 0.416 e. The topological polar surface area (TPSA) is 49.6 Å². The lowest BCUT2D eigenvalue weighted by molar-refractivity contribution is -0.138. The van der Waals surface area contributed by atoms with Crippen LogP contribution < -0.4 is 0 Å². The Kier molecular flexibility index (Phi) is 5.28. The number of amides is 1.